The third-order valence-corrected chi connectivity index (χ3v) is 5.81. The number of likely N-dealkylation sites (N-methyl/N-ethyl adjacent to an activating group) is 1. The standard InChI is InChI=1S/C22H36N6O4/c1-4-31-21(30)17-12-25-28(15-17)18-8-7-10-27(16-18)22(24-14-20(29)26(2)3)23-13-19-9-5-6-11-32-19/h12,15,18-19H,4-11,13-14,16H2,1-3H3,(H,23,24). The second-order valence-electron chi connectivity index (χ2n) is 8.47. The molecule has 0 spiro atoms. The van der Waals surface area contributed by atoms with Crippen LogP contribution >= 0.6 is 0 Å². The highest BCUT2D eigenvalue weighted by Gasteiger charge is 2.26. The van der Waals surface area contributed by atoms with Crippen LogP contribution < -0.4 is 5.32 Å². The SMILES string of the molecule is CCOC(=O)c1cnn(C2CCCN(C(=NCC(=O)N(C)C)NCC3CCCCO3)C2)c1. The minimum absolute atomic E-state index is 0.0436. The highest BCUT2D eigenvalue weighted by Crippen LogP contribution is 2.22. The third kappa shape index (κ3) is 6.69. The summed E-state index contributed by atoms with van der Waals surface area (Å²) in [6, 6.07) is 0.106. The molecule has 32 heavy (non-hydrogen) atoms. The van der Waals surface area contributed by atoms with E-state index < -0.39 is 0 Å². The van der Waals surface area contributed by atoms with Crippen LogP contribution in [0.4, 0.5) is 0 Å². The Kier molecular flexibility index (Phi) is 8.90. The van der Waals surface area contributed by atoms with Gasteiger partial charge in [-0.05, 0) is 39.0 Å². The van der Waals surface area contributed by atoms with E-state index in [1.54, 1.807) is 38.3 Å². The Morgan fingerprint density at radius 1 is 1.31 bits per heavy atom. The normalized spacial score (nSPS) is 21.8. The minimum atomic E-state index is -0.356. The van der Waals surface area contributed by atoms with E-state index in [1.807, 2.05) is 4.68 Å². The predicted molar refractivity (Wildman–Crippen MR) is 121 cm³/mol. The van der Waals surface area contributed by atoms with Crippen LogP contribution in [-0.2, 0) is 14.3 Å². The zero-order chi connectivity index (χ0) is 22.9. The van der Waals surface area contributed by atoms with Gasteiger partial charge in [0, 0.05) is 46.5 Å². The molecule has 2 aliphatic rings. The van der Waals surface area contributed by atoms with Gasteiger partial charge in [0.2, 0.25) is 5.91 Å². The molecule has 1 amide bonds. The van der Waals surface area contributed by atoms with E-state index in [0.717, 1.165) is 44.8 Å². The van der Waals surface area contributed by atoms with Crippen LogP contribution in [-0.4, -0.2) is 97.0 Å². The van der Waals surface area contributed by atoms with Gasteiger partial charge in [-0.3, -0.25) is 9.48 Å². The zero-order valence-corrected chi connectivity index (χ0v) is 19.5. The number of amides is 1. The van der Waals surface area contributed by atoms with E-state index in [1.165, 1.54) is 6.42 Å². The molecule has 1 aromatic heterocycles. The first kappa shape index (κ1) is 24.0. The zero-order valence-electron chi connectivity index (χ0n) is 19.5. The molecule has 2 aliphatic heterocycles. The maximum Gasteiger partial charge on any atom is 0.341 e. The fourth-order valence-electron chi connectivity index (χ4n) is 3.95. The van der Waals surface area contributed by atoms with Gasteiger partial charge in [0.25, 0.3) is 0 Å². The summed E-state index contributed by atoms with van der Waals surface area (Å²) in [5.41, 5.74) is 0.460. The molecule has 2 saturated heterocycles. The van der Waals surface area contributed by atoms with Crippen LogP contribution in [0.1, 0.15) is 55.4 Å². The van der Waals surface area contributed by atoms with E-state index >= 15 is 0 Å². The van der Waals surface area contributed by atoms with Gasteiger partial charge < -0.3 is 24.6 Å². The largest absolute Gasteiger partial charge is 0.462 e. The number of nitrogens with zero attached hydrogens (tertiary/aromatic N) is 5. The highest BCUT2D eigenvalue weighted by molar-refractivity contribution is 5.88. The first-order valence-corrected chi connectivity index (χ1v) is 11.5. The quantitative estimate of drug-likeness (QED) is 0.381. The molecule has 178 valence electrons. The lowest BCUT2D eigenvalue weighted by Gasteiger charge is -2.36. The van der Waals surface area contributed by atoms with Crippen molar-refractivity contribution in [1.29, 1.82) is 0 Å². The van der Waals surface area contributed by atoms with Crippen molar-refractivity contribution in [3.05, 3.63) is 18.0 Å². The van der Waals surface area contributed by atoms with Crippen molar-refractivity contribution in [1.82, 2.24) is 24.9 Å². The number of carbonyl (C=O) groups is 2. The molecule has 0 saturated carbocycles. The molecule has 1 aromatic rings. The lowest BCUT2D eigenvalue weighted by Crippen LogP contribution is -2.49. The van der Waals surface area contributed by atoms with Crippen molar-refractivity contribution in [3.8, 4) is 0 Å². The Balaban J connectivity index is 1.68. The van der Waals surface area contributed by atoms with Gasteiger partial charge in [0.05, 0.1) is 30.5 Å². The summed E-state index contributed by atoms with van der Waals surface area (Å²) in [5, 5.41) is 7.84. The Hall–Kier alpha value is -2.62. The maximum atomic E-state index is 12.1. The first-order valence-electron chi connectivity index (χ1n) is 11.5. The second kappa shape index (κ2) is 11.8. The van der Waals surface area contributed by atoms with Crippen LogP contribution in [0.15, 0.2) is 17.4 Å². The Labute approximate surface area is 189 Å². The molecule has 2 fully saturated rings. The van der Waals surface area contributed by atoms with E-state index in [0.29, 0.717) is 25.3 Å². The molecule has 0 bridgehead atoms. The van der Waals surface area contributed by atoms with E-state index in [2.05, 4.69) is 20.3 Å². The molecule has 1 N–H and O–H groups in total. The number of guanidine groups is 1. The summed E-state index contributed by atoms with van der Waals surface area (Å²) >= 11 is 0. The maximum absolute atomic E-state index is 12.1. The van der Waals surface area contributed by atoms with Gasteiger partial charge in [-0.15, -0.1) is 0 Å². The number of piperidine rings is 1. The van der Waals surface area contributed by atoms with Crippen LogP contribution in [0, 0.1) is 0 Å². The van der Waals surface area contributed by atoms with Crippen molar-refractivity contribution < 1.29 is 19.1 Å². The number of rotatable bonds is 7. The lowest BCUT2D eigenvalue weighted by molar-refractivity contribution is -0.127. The summed E-state index contributed by atoms with van der Waals surface area (Å²) in [5.74, 6) is 0.319. The van der Waals surface area contributed by atoms with Crippen LogP contribution in [0.2, 0.25) is 0 Å². The summed E-state index contributed by atoms with van der Waals surface area (Å²) in [6.45, 7) is 5.22. The smallest absolute Gasteiger partial charge is 0.341 e. The highest BCUT2D eigenvalue weighted by atomic mass is 16.5. The van der Waals surface area contributed by atoms with Gasteiger partial charge in [-0.2, -0.15) is 5.10 Å². The van der Waals surface area contributed by atoms with Crippen LogP contribution in [0.25, 0.3) is 0 Å². The third-order valence-electron chi connectivity index (χ3n) is 5.81. The number of carbonyl (C=O) groups excluding carboxylic acids is 2. The first-order chi connectivity index (χ1) is 15.5. The number of nitrogens with one attached hydrogen (secondary N) is 1. The Morgan fingerprint density at radius 2 is 2.16 bits per heavy atom. The Bertz CT molecular complexity index is 787. The number of hydrogen-bond donors (Lipinski definition) is 1. The molecular formula is C22H36N6O4. The van der Waals surface area contributed by atoms with Crippen molar-refractivity contribution in [2.45, 2.75) is 51.2 Å². The van der Waals surface area contributed by atoms with Gasteiger partial charge in [-0.25, -0.2) is 9.79 Å². The van der Waals surface area contributed by atoms with Crippen molar-refractivity contribution in [3.63, 3.8) is 0 Å². The van der Waals surface area contributed by atoms with E-state index in [4.69, 9.17) is 9.47 Å². The summed E-state index contributed by atoms with van der Waals surface area (Å²) in [4.78, 5) is 32.5. The summed E-state index contributed by atoms with van der Waals surface area (Å²) in [7, 11) is 3.47. The summed E-state index contributed by atoms with van der Waals surface area (Å²) in [6.07, 6.45) is 8.70. The topological polar surface area (TPSA) is 101 Å². The van der Waals surface area contributed by atoms with Gasteiger partial charge >= 0.3 is 5.97 Å². The van der Waals surface area contributed by atoms with Gasteiger partial charge in [0.15, 0.2) is 5.96 Å². The molecule has 10 nitrogen and oxygen atoms in total. The molecule has 0 radical (unpaired) electrons. The van der Waals surface area contributed by atoms with Crippen LogP contribution in [0.3, 0.4) is 0 Å². The van der Waals surface area contributed by atoms with Crippen LogP contribution in [0.5, 0.6) is 0 Å². The van der Waals surface area contributed by atoms with Gasteiger partial charge in [-0.1, -0.05) is 0 Å². The van der Waals surface area contributed by atoms with Crippen molar-refractivity contribution in [2.75, 3.05) is 53.5 Å². The molecule has 2 atom stereocenters. The molecular weight excluding hydrogens is 412 g/mol. The fraction of sp³-hybridized carbons (Fsp3) is 0.727. The monoisotopic (exact) mass is 448 g/mol. The Morgan fingerprint density at radius 3 is 2.88 bits per heavy atom. The molecule has 0 aliphatic carbocycles. The number of hydrogen-bond acceptors (Lipinski definition) is 6. The average molecular weight is 449 g/mol. The number of ether oxygens (including phenoxy) is 2. The van der Waals surface area contributed by atoms with E-state index in [-0.39, 0.29) is 30.6 Å². The average Bonchev–Trinajstić information content (AvgIpc) is 3.30. The van der Waals surface area contributed by atoms with Crippen molar-refractivity contribution in [2.24, 2.45) is 4.99 Å². The molecule has 2 unspecified atom stereocenters. The minimum Gasteiger partial charge on any atom is -0.462 e. The number of esters is 1. The molecule has 10 heteroatoms. The second-order valence-corrected chi connectivity index (χ2v) is 8.47. The van der Waals surface area contributed by atoms with E-state index in [9.17, 15) is 9.59 Å². The number of aromatic nitrogens is 2. The summed E-state index contributed by atoms with van der Waals surface area (Å²) < 4.78 is 12.8. The number of likely N-dealkylation sites (tertiary alicyclic amines) is 1. The van der Waals surface area contributed by atoms with Gasteiger partial charge in [0.1, 0.15) is 6.54 Å². The molecule has 0 aromatic carbocycles. The molecule has 3 heterocycles. The fourth-order valence-corrected chi connectivity index (χ4v) is 3.95. The predicted octanol–water partition coefficient (Wildman–Crippen LogP) is 1.30. The lowest BCUT2D eigenvalue weighted by atomic mass is 10.1. The number of aliphatic imine (C=N–C) groups is 1. The molecule has 3 rings (SSSR count). The van der Waals surface area contributed by atoms with Crippen molar-refractivity contribution >= 4 is 17.8 Å².